The minimum atomic E-state index is -1.50. The van der Waals surface area contributed by atoms with Gasteiger partial charge >= 0.3 is 11.9 Å². The third kappa shape index (κ3) is 3.15. The molecule has 6 atom stereocenters. The number of nitriles is 1. The molecule has 2 aliphatic heterocycles. The first-order chi connectivity index (χ1) is 9.75. The molecule has 8 nitrogen and oxygen atoms in total. The van der Waals surface area contributed by atoms with Gasteiger partial charge in [-0.15, -0.1) is 0 Å². The van der Waals surface area contributed by atoms with Crippen LogP contribution in [0.5, 0.6) is 0 Å². The molecule has 0 aliphatic carbocycles. The first-order valence-electron chi connectivity index (χ1n) is 6.52. The van der Waals surface area contributed by atoms with Crippen LogP contribution >= 0.6 is 0 Å². The second-order valence-corrected chi connectivity index (χ2v) is 5.12. The number of nitrogens with zero attached hydrogens (tertiary/aromatic N) is 1. The topological polar surface area (TPSA) is 104 Å². The Bertz CT molecular complexity index is 487. The van der Waals surface area contributed by atoms with Crippen molar-refractivity contribution in [1.29, 1.82) is 5.26 Å². The van der Waals surface area contributed by atoms with E-state index in [9.17, 15) is 9.59 Å². The molecule has 0 aromatic heterocycles. The predicted molar refractivity (Wildman–Crippen MR) is 65.4 cm³/mol. The Morgan fingerprint density at radius 1 is 1.14 bits per heavy atom. The van der Waals surface area contributed by atoms with E-state index >= 15 is 0 Å². The first-order valence-corrected chi connectivity index (χ1v) is 6.52. The average molecular weight is 299 g/mol. The highest BCUT2D eigenvalue weighted by Crippen LogP contribution is 2.38. The minimum Gasteiger partial charge on any atom is -0.456 e. The molecule has 0 radical (unpaired) electrons. The standard InChI is InChI=1S/C13H17NO7/c1-6-9(18-7(2)15)10(19-8(3)16)11-12(17-6)21-13(4,5-14)20-11/h6,9-12H,1-4H3/t6-,9-,10+,11+,12+,13+/m0/s1. The Balaban J connectivity index is 2.27. The van der Waals surface area contributed by atoms with Crippen LogP contribution in [-0.4, -0.2) is 48.4 Å². The van der Waals surface area contributed by atoms with Crippen LogP contribution < -0.4 is 0 Å². The normalized spacial score (nSPS) is 41.8. The highest BCUT2D eigenvalue weighted by molar-refractivity contribution is 5.67. The van der Waals surface area contributed by atoms with Gasteiger partial charge in [-0.25, -0.2) is 0 Å². The number of rotatable bonds is 2. The van der Waals surface area contributed by atoms with Crippen LogP contribution in [0, 0.1) is 11.3 Å². The number of hydrogen-bond donors (Lipinski definition) is 0. The van der Waals surface area contributed by atoms with Gasteiger partial charge in [0.1, 0.15) is 6.07 Å². The molecular formula is C13H17NO7. The molecule has 21 heavy (non-hydrogen) atoms. The third-order valence-electron chi connectivity index (χ3n) is 3.24. The second-order valence-electron chi connectivity index (χ2n) is 5.12. The molecule has 116 valence electrons. The lowest BCUT2D eigenvalue weighted by Crippen LogP contribution is -2.58. The van der Waals surface area contributed by atoms with E-state index in [4.69, 9.17) is 28.9 Å². The lowest BCUT2D eigenvalue weighted by Gasteiger charge is -2.39. The smallest absolute Gasteiger partial charge is 0.303 e. The van der Waals surface area contributed by atoms with Gasteiger partial charge in [-0.05, 0) is 6.92 Å². The van der Waals surface area contributed by atoms with E-state index in [0.717, 1.165) is 0 Å². The summed E-state index contributed by atoms with van der Waals surface area (Å²) >= 11 is 0. The van der Waals surface area contributed by atoms with Crippen molar-refractivity contribution in [3.63, 3.8) is 0 Å². The molecule has 2 fully saturated rings. The van der Waals surface area contributed by atoms with Crippen molar-refractivity contribution in [3.05, 3.63) is 0 Å². The number of carbonyl (C=O) groups is 2. The van der Waals surface area contributed by atoms with Gasteiger partial charge in [-0.1, -0.05) is 0 Å². The average Bonchev–Trinajstić information content (AvgIpc) is 2.70. The fourth-order valence-corrected chi connectivity index (χ4v) is 2.43. The van der Waals surface area contributed by atoms with E-state index in [1.807, 2.05) is 6.07 Å². The Hall–Kier alpha value is -1.69. The van der Waals surface area contributed by atoms with Crippen LogP contribution in [0.1, 0.15) is 27.7 Å². The van der Waals surface area contributed by atoms with E-state index in [2.05, 4.69) is 0 Å². The number of carbonyl (C=O) groups excluding carboxylic acids is 2. The van der Waals surface area contributed by atoms with Crippen molar-refractivity contribution in [2.75, 3.05) is 0 Å². The zero-order valence-electron chi connectivity index (χ0n) is 12.2. The van der Waals surface area contributed by atoms with Crippen LogP contribution in [-0.2, 0) is 33.3 Å². The Morgan fingerprint density at radius 2 is 1.71 bits per heavy atom. The summed E-state index contributed by atoms with van der Waals surface area (Å²) in [6, 6.07) is 1.87. The van der Waals surface area contributed by atoms with Crippen LogP contribution in [0.15, 0.2) is 0 Å². The van der Waals surface area contributed by atoms with Crippen molar-refractivity contribution in [2.24, 2.45) is 0 Å². The van der Waals surface area contributed by atoms with Gasteiger partial charge in [-0.3, -0.25) is 9.59 Å². The minimum absolute atomic E-state index is 0.534. The summed E-state index contributed by atoms with van der Waals surface area (Å²) in [6.45, 7) is 5.57. The first kappa shape index (κ1) is 15.7. The largest absolute Gasteiger partial charge is 0.456 e. The Labute approximate surface area is 121 Å². The van der Waals surface area contributed by atoms with Gasteiger partial charge in [0.05, 0.1) is 6.10 Å². The summed E-state index contributed by atoms with van der Waals surface area (Å²) < 4.78 is 26.8. The molecule has 2 heterocycles. The zero-order valence-corrected chi connectivity index (χ0v) is 12.2. The van der Waals surface area contributed by atoms with Crippen molar-refractivity contribution in [2.45, 2.75) is 64.2 Å². The quantitative estimate of drug-likeness (QED) is 0.668. The van der Waals surface area contributed by atoms with Crippen LogP contribution in [0.25, 0.3) is 0 Å². The Kier molecular flexibility index (Phi) is 4.18. The van der Waals surface area contributed by atoms with Crippen molar-refractivity contribution < 1.29 is 33.3 Å². The lowest BCUT2D eigenvalue weighted by atomic mass is 9.99. The van der Waals surface area contributed by atoms with Gasteiger partial charge in [0, 0.05) is 20.8 Å². The highest BCUT2D eigenvalue weighted by Gasteiger charge is 2.58. The molecule has 0 N–H and O–H groups in total. The molecule has 2 saturated heterocycles. The number of hydrogen-bond acceptors (Lipinski definition) is 8. The molecule has 0 spiro atoms. The van der Waals surface area contributed by atoms with Crippen molar-refractivity contribution in [3.8, 4) is 6.07 Å². The van der Waals surface area contributed by atoms with E-state index in [-0.39, 0.29) is 0 Å². The van der Waals surface area contributed by atoms with Gasteiger partial charge in [0.15, 0.2) is 24.6 Å². The van der Waals surface area contributed by atoms with Gasteiger partial charge < -0.3 is 23.7 Å². The molecule has 0 unspecified atom stereocenters. The van der Waals surface area contributed by atoms with Gasteiger partial charge in [-0.2, -0.15) is 5.26 Å². The van der Waals surface area contributed by atoms with Gasteiger partial charge in [0.25, 0.3) is 5.79 Å². The predicted octanol–water partition coefficient (Wildman–Crippen LogP) is 0.250. The monoisotopic (exact) mass is 299 g/mol. The van der Waals surface area contributed by atoms with Crippen molar-refractivity contribution >= 4 is 11.9 Å². The number of esters is 2. The van der Waals surface area contributed by atoms with Crippen LogP contribution in [0.3, 0.4) is 0 Å². The SMILES string of the molecule is CC(=O)O[C@@H]1[C@@H](OC(C)=O)[C@H](C)O[C@@H]2O[C@](C)(C#N)O[C@@H]21. The highest BCUT2D eigenvalue weighted by atomic mass is 16.8. The van der Waals surface area contributed by atoms with Gasteiger partial charge in [0.2, 0.25) is 0 Å². The molecule has 0 aromatic rings. The zero-order chi connectivity index (χ0) is 15.8. The molecule has 8 heteroatoms. The van der Waals surface area contributed by atoms with E-state index in [0.29, 0.717) is 0 Å². The van der Waals surface area contributed by atoms with Crippen LogP contribution in [0.2, 0.25) is 0 Å². The molecule has 0 saturated carbocycles. The second kappa shape index (κ2) is 5.60. The fourth-order valence-electron chi connectivity index (χ4n) is 2.43. The number of fused-ring (bicyclic) bond motifs is 1. The van der Waals surface area contributed by atoms with E-state index in [1.165, 1.54) is 20.8 Å². The van der Waals surface area contributed by atoms with E-state index in [1.54, 1.807) is 6.92 Å². The van der Waals surface area contributed by atoms with E-state index < -0.39 is 48.4 Å². The third-order valence-corrected chi connectivity index (χ3v) is 3.24. The maximum atomic E-state index is 11.3. The number of ether oxygens (including phenoxy) is 5. The molecular weight excluding hydrogens is 282 g/mol. The molecule has 2 rings (SSSR count). The van der Waals surface area contributed by atoms with Crippen LogP contribution in [0.4, 0.5) is 0 Å². The molecule has 0 amide bonds. The molecule has 0 bridgehead atoms. The molecule has 2 aliphatic rings. The fraction of sp³-hybridized carbons (Fsp3) is 0.769. The maximum absolute atomic E-state index is 11.3. The summed E-state index contributed by atoms with van der Waals surface area (Å²) in [6.07, 6.45) is -4.04. The molecule has 0 aromatic carbocycles. The van der Waals surface area contributed by atoms with Crippen molar-refractivity contribution in [1.82, 2.24) is 0 Å². The summed E-state index contributed by atoms with van der Waals surface area (Å²) in [5.74, 6) is -2.59. The summed E-state index contributed by atoms with van der Waals surface area (Å²) in [7, 11) is 0. The lowest BCUT2D eigenvalue weighted by molar-refractivity contribution is -0.254. The Morgan fingerprint density at radius 3 is 2.24 bits per heavy atom. The summed E-state index contributed by atoms with van der Waals surface area (Å²) in [5.41, 5.74) is 0. The summed E-state index contributed by atoms with van der Waals surface area (Å²) in [5, 5.41) is 9.07. The maximum Gasteiger partial charge on any atom is 0.303 e. The summed E-state index contributed by atoms with van der Waals surface area (Å²) in [4.78, 5) is 22.5.